The Bertz CT molecular complexity index is 591. The van der Waals surface area contributed by atoms with Gasteiger partial charge in [0.25, 0.3) is 0 Å². The number of nitrogens with zero attached hydrogens (tertiary/aromatic N) is 3. The van der Waals surface area contributed by atoms with Gasteiger partial charge < -0.3 is 20.3 Å². The Hall–Kier alpha value is -1.82. The van der Waals surface area contributed by atoms with Crippen LogP contribution in [0.3, 0.4) is 0 Å². The monoisotopic (exact) mass is 373 g/mol. The standard InChI is InChI=1S/C21H35N5O/c1-3-22-20(25-17-21(9-6-10-21)11-14-27-2)24-16-18-7-8-19(23-15-18)26-12-4-5-13-26/h7-8,15H,3-6,9-14,16-17H2,1-2H3,(H2,22,24,25). The van der Waals surface area contributed by atoms with Crippen molar-refractivity contribution < 1.29 is 4.74 Å². The van der Waals surface area contributed by atoms with Gasteiger partial charge in [-0.15, -0.1) is 0 Å². The van der Waals surface area contributed by atoms with Crippen molar-refractivity contribution in [3.8, 4) is 0 Å². The first-order chi connectivity index (χ1) is 13.2. The zero-order valence-electron chi connectivity index (χ0n) is 17.0. The molecule has 1 aromatic rings. The first-order valence-electron chi connectivity index (χ1n) is 10.5. The Balaban J connectivity index is 1.53. The lowest BCUT2D eigenvalue weighted by Crippen LogP contribution is -2.46. The lowest BCUT2D eigenvalue weighted by atomic mass is 9.67. The average molecular weight is 374 g/mol. The molecule has 1 saturated carbocycles. The van der Waals surface area contributed by atoms with Gasteiger partial charge in [-0.3, -0.25) is 0 Å². The first-order valence-corrected chi connectivity index (χ1v) is 10.5. The fourth-order valence-electron chi connectivity index (χ4n) is 3.94. The zero-order chi connectivity index (χ0) is 19.0. The summed E-state index contributed by atoms with van der Waals surface area (Å²) in [6.45, 7) is 7.68. The third-order valence-electron chi connectivity index (χ3n) is 5.88. The number of aliphatic imine (C=N–C) groups is 1. The van der Waals surface area contributed by atoms with Crippen molar-refractivity contribution in [3.05, 3.63) is 23.9 Å². The quantitative estimate of drug-likeness (QED) is 0.515. The number of anilines is 1. The summed E-state index contributed by atoms with van der Waals surface area (Å²) in [6.07, 6.45) is 9.53. The van der Waals surface area contributed by atoms with E-state index in [9.17, 15) is 0 Å². The molecule has 0 atom stereocenters. The minimum Gasteiger partial charge on any atom is -0.385 e. The highest BCUT2D eigenvalue weighted by Gasteiger charge is 2.36. The molecule has 1 aliphatic heterocycles. The van der Waals surface area contributed by atoms with Gasteiger partial charge in [0.2, 0.25) is 0 Å². The van der Waals surface area contributed by atoms with E-state index in [1.807, 2.05) is 6.20 Å². The van der Waals surface area contributed by atoms with Gasteiger partial charge in [-0.05, 0) is 56.1 Å². The molecule has 0 radical (unpaired) electrons. The van der Waals surface area contributed by atoms with Gasteiger partial charge >= 0.3 is 0 Å². The molecule has 27 heavy (non-hydrogen) atoms. The number of hydrogen-bond donors (Lipinski definition) is 2. The van der Waals surface area contributed by atoms with Crippen LogP contribution in [0.15, 0.2) is 23.3 Å². The first kappa shape index (κ1) is 19.9. The number of pyridine rings is 1. The number of nitrogens with one attached hydrogen (secondary N) is 2. The van der Waals surface area contributed by atoms with Crippen LogP contribution in [0.25, 0.3) is 0 Å². The summed E-state index contributed by atoms with van der Waals surface area (Å²) in [5.41, 5.74) is 1.53. The molecule has 1 saturated heterocycles. The van der Waals surface area contributed by atoms with Gasteiger partial charge in [0.15, 0.2) is 5.96 Å². The van der Waals surface area contributed by atoms with Crippen molar-refractivity contribution in [1.29, 1.82) is 0 Å². The van der Waals surface area contributed by atoms with Gasteiger partial charge in [-0.25, -0.2) is 9.98 Å². The molecule has 2 N–H and O–H groups in total. The van der Waals surface area contributed by atoms with Crippen LogP contribution < -0.4 is 15.5 Å². The van der Waals surface area contributed by atoms with E-state index in [-0.39, 0.29) is 0 Å². The molecule has 6 heteroatoms. The number of aromatic nitrogens is 1. The van der Waals surface area contributed by atoms with Gasteiger partial charge in [0.05, 0.1) is 6.54 Å². The smallest absolute Gasteiger partial charge is 0.191 e. The second-order valence-corrected chi connectivity index (χ2v) is 7.86. The number of rotatable bonds is 9. The van der Waals surface area contributed by atoms with E-state index in [0.717, 1.165) is 56.5 Å². The molecule has 0 aromatic carbocycles. The van der Waals surface area contributed by atoms with E-state index in [0.29, 0.717) is 12.0 Å². The summed E-state index contributed by atoms with van der Waals surface area (Å²) in [5, 5.41) is 6.92. The Kier molecular flexibility index (Phi) is 7.33. The van der Waals surface area contributed by atoms with Crippen LogP contribution in [0.1, 0.15) is 51.0 Å². The molecule has 6 nitrogen and oxygen atoms in total. The maximum absolute atomic E-state index is 5.30. The van der Waals surface area contributed by atoms with Crippen molar-refractivity contribution >= 4 is 11.8 Å². The number of hydrogen-bond acceptors (Lipinski definition) is 4. The average Bonchev–Trinajstić information content (AvgIpc) is 3.20. The van der Waals surface area contributed by atoms with Crippen LogP contribution in [0.4, 0.5) is 5.82 Å². The number of guanidine groups is 1. The zero-order valence-corrected chi connectivity index (χ0v) is 17.0. The van der Waals surface area contributed by atoms with E-state index in [1.54, 1.807) is 7.11 Å². The van der Waals surface area contributed by atoms with E-state index >= 15 is 0 Å². The summed E-state index contributed by atoms with van der Waals surface area (Å²) < 4.78 is 5.30. The highest BCUT2D eigenvalue weighted by molar-refractivity contribution is 5.79. The lowest BCUT2D eigenvalue weighted by Gasteiger charge is -2.42. The van der Waals surface area contributed by atoms with Gasteiger partial charge in [0.1, 0.15) is 5.82 Å². The predicted molar refractivity (Wildman–Crippen MR) is 111 cm³/mol. The number of methoxy groups -OCH3 is 1. The number of ether oxygens (including phenoxy) is 1. The topological polar surface area (TPSA) is 61.8 Å². The minimum absolute atomic E-state index is 0.380. The summed E-state index contributed by atoms with van der Waals surface area (Å²) >= 11 is 0. The van der Waals surface area contributed by atoms with Crippen LogP contribution in [-0.2, 0) is 11.3 Å². The molecule has 150 valence electrons. The van der Waals surface area contributed by atoms with Crippen LogP contribution in [0, 0.1) is 5.41 Å². The van der Waals surface area contributed by atoms with Crippen molar-refractivity contribution in [2.75, 3.05) is 44.8 Å². The second kappa shape index (κ2) is 9.93. The van der Waals surface area contributed by atoms with Crippen LogP contribution >= 0.6 is 0 Å². The van der Waals surface area contributed by atoms with E-state index in [4.69, 9.17) is 9.73 Å². The molecule has 1 aromatic heterocycles. The Morgan fingerprint density at radius 1 is 1.22 bits per heavy atom. The molecule has 3 rings (SSSR count). The Morgan fingerprint density at radius 3 is 2.63 bits per heavy atom. The fraction of sp³-hybridized carbons (Fsp3) is 0.714. The molecule has 2 fully saturated rings. The summed E-state index contributed by atoms with van der Waals surface area (Å²) in [6, 6.07) is 4.28. The maximum Gasteiger partial charge on any atom is 0.191 e. The second-order valence-electron chi connectivity index (χ2n) is 7.86. The fourth-order valence-corrected chi connectivity index (χ4v) is 3.94. The summed E-state index contributed by atoms with van der Waals surface area (Å²) in [7, 11) is 1.79. The minimum atomic E-state index is 0.380. The third-order valence-corrected chi connectivity index (χ3v) is 5.88. The normalized spacial score (nSPS) is 19.0. The predicted octanol–water partition coefficient (Wildman–Crippen LogP) is 2.94. The van der Waals surface area contributed by atoms with Crippen molar-refractivity contribution in [1.82, 2.24) is 15.6 Å². The lowest BCUT2D eigenvalue weighted by molar-refractivity contribution is 0.0732. The molecular weight excluding hydrogens is 338 g/mol. The van der Waals surface area contributed by atoms with Gasteiger partial charge in [0, 0.05) is 46.1 Å². The maximum atomic E-state index is 5.30. The highest BCUT2D eigenvalue weighted by atomic mass is 16.5. The SMILES string of the molecule is CCNC(=NCc1ccc(N2CCCC2)nc1)NCC1(CCOC)CCC1. The van der Waals surface area contributed by atoms with Gasteiger partial charge in [-0.2, -0.15) is 0 Å². The van der Waals surface area contributed by atoms with Crippen molar-refractivity contribution in [2.24, 2.45) is 10.4 Å². The van der Waals surface area contributed by atoms with Crippen molar-refractivity contribution in [2.45, 2.75) is 52.0 Å². The largest absolute Gasteiger partial charge is 0.385 e. The molecule has 0 bridgehead atoms. The van der Waals surface area contributed by atoms with Crippen LogP contribution in [-0.4, -0.2) is 50.8 Å². The van der Waals surface area contributed by atoms with Crippen LogP contribution in [0.2, 0.25) is 0 Å². The molecule has 2 aliphatic rings. The molecular formula is C21H35N5O. The van der Waals surface area contributed by atoms with Crippen LogP contribution in [0.5, 0.6) is 0 Å². The molecule has 0 amide bonds. The third kappa shape index (κ3) is 5.58. The summed E-state index contributed by atoms with van der Waals surface area (Å²) in [5.74, 6) is 1.99. The highest BCUT2D eigenvalue weighted by Crippen LogP contribution is 2.43. The van der Waals surface area contributed by atoms with E-state index in [1.165, 1.54) is 32.1 Å². The Morgan fingerprint density at radius 2 is 2.04 bits per heavy atom. The van der Waals surface area contributed by atoms with Crippen molar-refractivity contribution in [3.63, 3.8) is 0 Å². The summed E-state index contributed by atoms with van der Waals surface area (Å²) in [4.78, 5) is 11.7. The molecule has 1 aliphatic carbocycles. The molecule has 0 unspecified atom stereocenters. The van der Waals surface area contributed by atoms with E-state index < -0.39 is 0 Å². The van der Waals surface area contributed by atoms with E-state index in [2.05, 4.69) is 39.6 Å². The Labute approximate surface area is 163 Å². The van der Waals surface area contributed by atoms with Gasteiger partial charge in [-0.1, -0.05) is 12.5 Å². The molecule has 0 spiro atoms. The molecule has 2 heterocycles.